The van der Waals surface area contributed by atoms with Crippen LogP contribution in [0, 0.1) is 0 Å². The summed E-state index contributed by atoms with van der Waals surface area (Å²) in [4.78, 5) is 21.3. The van der Waals surface area contributed by atoms with Crippen LogP contribution in [0.3, 0.4) is 0 Å². The first-order valence-electron chi connectivity index (χ1n) is 12.7. The number of carbonyl (C=O) groups excluding carboxylic acids is 1. The molecule has 0 radical (unpaired) electrons. The van der Waals surface area contributed by atoms with Crippen molar-refractivity contribution in [2.75, 3.05) is 5.32 Å². The number of aromatic hydroxyl groups is 2. The van der Waals surface area contributed by atoms with E-state index in [0.29, 0.717) is 0 Å². The van der Waals surface area contributed by atoms with Crippen LogP contribution in [-0.2, 0) is 45.0 Å². The third-order valence-electron chi connectivity index (χ3n) is 5.90. The number of carboxylic acid groups (broad SMARTS) is 1. The van der Waals surface area contributed by atoms with Gasteiger partial charge >= 0.3 is 16.6 Å². The number of aromatic carboxylic acids is 1. The quantitative estimate of drug-likeness (QED) is 0.0357. The minimum atomic E-state index is -5.14. The Bertz CT molecular complexity index is 2430. The lowest BCUT2D eigenvalue weighted by atomic mass is 10.1. The van der Waals surface area contributed by atoms with Crippen molar-refractivity contribution in [3.63, 3.8) is 0 Å². The number of fused-ring (bicyclic) bond motifs is 1. The molecule has 0 aliphatic carbocycles. The maximum absolute atomic E-state index is 12.2. The molecule has 0 aliphatic rings. The Balaban J connectivity index is 0.00000166. The number of phenols is 2. The van der Waals surface area contributed by atoms with Gasteiger partial charge in [-0.15, -0.1) is 37.4 Å². The van der Waals surface area contributed by atoms with Crippen LogP contribution in [0.1, 0.15) is 17.3 Å². The van der Waals surface area contributed by atoms with Crippen molar-refractivity contribution >= 4 is 94.0 Å². The van der Waals surface area contributed by atoms with Gasteiger partial charge < -0.3 is 20.6 Å². The normalized spacial score (nSPS) is 11.8. The first-order chi connectivity index (χ1) is 23.7. The van der Waals surface area contributed by atoms with Crippen LogP contribution in [-0.4, -0.2) is 71.0 Å². The molecule has 7 N–H and O–H groups in total. The van der Waals surface area contributed by atoms with Crippen LogP contribution in [0.2, 0.25) is 0 Å². The summed E-state index contributed by atoms with van der Waals surface area (Å²) in [6.45, 7) is 1.22. The summed E-state index contributed by atoms with van der Waals surface area (Å²) in [5.41, 5.74) is -2.13. The molecule has 1 amide bonds. The lowest BCUT2D eigenvalue weighted by molar-refractivity contribution is -0.432. The molecular weight excluding hydrogens is 771 g/mol. The number of nitrogens with one attached hydrogen (secondary N) is 1. The number of hydrogen-bond acceptors (Lipinski definition) is 19. The van der Waals surface area contributed by atoms with E-state index < -0.39 is 80.8 Å². The SMILES string of the molecule is CC(=O)Nc1ccc(N=Nc2ccc3cc(S(=O)(=O)O)c(N=Nc4cc(S(=O)(=O)O)ccc4SOOO)c(O)c3c2O)c(C(=O)O)c1.O=S(=O)=O. The van der Waals surface area contributed by atoms with Gasteiger partial charge in [-0.2, -0.15) is 16.8 Å². The zero-order chi connectivity index (χ0) is 38.3. The molecule has 0 aromatic heterocycles. The fraction of sp³-hybridized carbons (Fsp3) is 0.0400. The van der Waals surface area contributed by atoms with Crippen molar-refractivity contribution in [3.05, 3.63) is 60.2 Å². The Labute approximate surface area is 290 Å². The molecule has 0 atom stereocenters. The Kier molecular flexibility index (Phi) is 12.9. The first-order valence-corrected chi connectivity index (χ1v) is 17.4. The largest absolute Gasteiger partial charge is 0.505 e. The van der Waals surface area contributed by atoms with Crippen molar-refractivity contribution < 1.29 is 78.1 Å². The minimum Gasteiger partial charge on any atom is -0.505 e. The van der Waals surface area contributed by atoms with E-state index in [0.717, 1.165) is 36.4 Å². The van der Waals surface area contributed by atoms with E-state index in [9.17, 15) is 50.8 Å². The maximum atomic E-state index is 12.2. The minimum absolute atomic E-state index is 0.111. The van der Waals surface area contributed by atoms with Crippen LogP contribution in [0.4, 0.5) is 28.4 Å². The summed E-state index contributed by atoms with van der Waals surface area (Å²) in [6.07, 6.45) is 0. The molecule has 0 spiro atoms. The third kappa shape index (κ3) is 10.5. The predicted molar refractivity (Wildman–Crippen MR) is 170 cm³/mol. The Morgan fingerprint density at radius 1 is 0.804 bits per heavy atom. The zero-order valence-corrected chi connectivity index (χ0v) is 28.1. The average Bonchev–Trinajstić information content (AvgIpc) is 3.01. The van der Waals surface area contributed by atoms with E-state index in [4.69, 9.17) is 17.9 Å². The highest BCUT2D eigenvalue weighted by molar-refractivity contribution is 7.94. The van der Waals surface area contributed by atoms with E-state index >= 15 is 0 Å². The molecule has 22 nitrogen and oxygen atoms in total. The molecular formula is C25H19N5O17S4. The topological polar surface area (TPSA) is 355 Å². The molecule has 270 valence electrons. The van der Waals surface area contributed by atoms with Gasteiger partial charge in [0.25, 0.3) is 20.2 Å². The zero-order valence-electron chi connectivity index (χ0n) is 24.8. The van der Waals surface area contributed by atoms with Crippen LogP contribution in [0.25, 0.3) is 10.8 Å². The molecule has 0 saturated heterocycles. The maximum Gasteiger partial charge on any atom is 0.425 e. The van der Waals surface area contributed by atoms with E-state index in [1.807, 2.05) is 0 Å². The fourth-order valence-corrected chi connectivity index (χ4v) is 5.50. The summed E-state index contributed by atoms with van der Waals surface area (Å²) < 4.78 is 96.6. The number of anilines is 1. The molecule has 4 aromatic rings. The highest BCUT2D eigenvalue weighted by Gasteiger charge is 2.25. The van der Waals surface area contributed by atoms with Crippen molar-refractivity contribution in [1.29, 1.82) is 0 Å². The van der Waals surface area contributed by atoms with Crippen LogP contribution in [0.5, 0.6) is 11.5 Å². The lowest BCUT2D eigenvalue weighted by Gasteiger charge is -2.11. The number of nitrogens with zero attached hydrogens (tertiary/aromatic N) is 4. The number of azo groups is 2. The second kappa shape index (κ2) is 16.5. The molecule has 0 heterocycles. The standard InChI is InChI=1S/C25H19N5O14S3.O3S/c1-11(31)26-13-3-6-16(15(9-13)25(34)35)27-28-17-5-2-12-8-20(47(40,41)42)22(24(33)21(12)23(17)32)30-29-18-10-14(46(37,38)39)4-7-19(18)45-44-43-36;1-4(2)3/h2-10,32-33,36H,1H3,(H,26,31)(H,34,35)(H,37,38,39)(H,40,41,42);. The lowest BCUT2D eigenvalue weighted by Crippen LogP contribution is -2.07. The van der Waals surface area contributed by atoms with E-state index in [1.54, 1.807) is 0 Å². The van der Waals surface area contributed by atoms with Crippen LogP contribution >= 0.6 is 12.0 Å². The van der Waals surface area contributed by atoms with Gasteiger partial charge in [0.05, 0.1) is 32.8 Å². The average molecular weight is 790 g/mol. The van der Waals surface area contributed by atoms with Gasteiger partial charge in [0, 0.05) is 12.6 Å². The van der Waals surface area contributed by atoms with Gasteiger partial charge in [-0.1, -0.05) is 11.1 Å². The molecule has 4 aromatic carbocycles. The number of carbonyl (C=O) groups is 2. The van der Waals surface area contributed by atoms with Crippen molar-refractivity contribution in [2.45, 2.75) is 21.6 Å². The highest BCUT2D eigenvalue weighted by Crippen LogP contribution is 2.48. The Morgan fingerprint density at radius 3 is 1.98 bits per heavy atom. The van der Waals surface area contributed by atoms with Crippen LogP contribution < -0.4 is 5.32 Å². The van der Waals surface area contributed by atoms with Crippen LogP contribution in [0.15, 0.2) is 89.7 Å². The summed E-state index contributed by atoms with van der Waals surface area (Å²) >= 11 is 0.281. The number of phenolic OH excluding ortho intramolecular Hbond substituents is 2. The van der Waals surface area contributed by atoms with E-state index in [2.05, 4.69) is 35.1 Å². The number of benzene rings is 4. The van der Waals surface area contributed by atoms with Crippen molar-refractivity contribution in [1.82, 2.24) is 0 Å². The molecule has 0 fully saturated rings. The Hall–Kier alpha value is -5.45. The second-order valence-electron chi connectivity index (χ2n) is 9.23. The summed E-state index contributed by atoms with van der Waals surface area (Å²) in [7, 11) is -13.0. The van der Waals surface area contributed by atoms with Crippen molar-refractivity contribution in [3.8, 4) is 11.5 Å². The van der Waals surface area contributed by atoms with E-state index in [-0.39, 0.29) is 45.0 Å². The molecule has 26 heteroatoms. The summed E-state index contributed by atoms with van der Waals surface area (Å²) in [5, 5.41) is 60.4. The van der Waals surface area contributed by atoms with Gasteiger partial charge in [-0.25, -0.2) is 10.1 Å². The number of hydrogen-bond donors (Lipinski definition) is 7. The number of carboxylic acids is 1. The summed E-state index contributed by atoms with van der Waals surface area (Å²) in [5.74, 6) is -3.73. The summed E-state index contributed by atoms with van der Waals surface area (Å²) in [6, 6.07) is 9.54. The van der Waals surface area contributed by atoms with Gasteiger partial charge in [0.2, 0.25) is 5.91 Å². The predicted octanol–water partition coefficient (Wildman–Crippen LogP) is 4.66. The van der Waals surface area contributed by atoms with Gasteiger partial charge in [0.15, 0.2) is 11.5 Å². The van der Waals surface area contributed by atoms with Gasteiger partial charge in [-0.05, 0) is 53.9 Å². The Morgan fingerprint density at radius 2 is 1.41 bits per heavy atom. The highest BCUT2D eigenvalue weighted by atomic mass is 32.2. The molecule has 4 rings (SSSR count). The third-order valence-corrected chi connectivity index (χ3v) is 8.27. The van der Waals surface area contributed by atoms with Gasteiger partial charge in [-0.3, -0.25) is 13.9 Å². The second-order valence-corrected chi connectivity index (χ2v) is 13.2. The monoisotopic (exact) mass is 789 g/mol. The fourth-order valence-electron chi connectivity index (χ4n) is 3.93. The van der Waals surface area contributed by atoms with Crippen molar-refractivity contribution in [2.24, 2.45) is 20.5 Å². The van der Waals surface area contributed by atoms with E-state index in [1.165, 1.54) is 25.1 Å². The van der Waals surface area contributed by atoms with Gasteiger partial charge in [0.1, 0.15) is 27.6 Å². The molecule has 51 heavy (non-hydrogen) atoms. The first kappa shape index (κ1) is 40.0. The smallest absolute Gasteiger partial charge is 0.425 e. The molecule has 0 saturated carbocycles. The number of amides is 1. The molecule has 0 bridgehead atoms. The molecule has 0 aliphatic heterocycles. The molecule has 0 unspecified atom stereocenters. The number of rotatable bonds is 11.